The highest BCUT2D eigenvalue weighted by molar-refractivity contribution is 5.83. The van der Waals surface area contributed by atoms with E-state index in [0.29, 0.717) is 29.0 Å². The van der Waals surface area contributed by atoms with E-state index in [1.165, 1.54) is 12.1 Å². The molecule has 1 atom stereocenters. The highest BCUT2D eigenvalue weighted by Gasteiger charge is 2.08. The molecule has 0 spiro atoms. The average molecular weight is 390 g/mol. The molecular weight excluding hydrogens is 371 g/mol. The molecule has 4 aromatic rings. The number of nitrogens with one attached hydrogen (secondary N) is 2. The topological polar surface area (TPSA) is 110 Å². The number of benzene rings is 2. The third kappa shape index (κ3) is 4.06. The molecule has 146 valence electrons. The quantitative estimate of drug-likeness (QED) is 0.482. The predicted molar refractivity (Wildman–Crippen MR) is 111 cm³/mol. The van der Waals surface area contributed by atoms with Crippen molar-refractivity contribution < 1.29 is 4.39 Å². The molecule has 1 unspecified atom stereocenters. The maximum atomic E-state index is 13.0. The zero-order valence-electron chi connectivity index (χ0n) is 15.7. The number of anilines is 2. The van der Waals surface area contributed by atoms with Crippen molar-refractivity contribution in [3.8, 4) is 11.3 Å². The number of aromatic nitrogens is 4. The summed E-state index contributed by atoms with van der Waals surface area (Å²) in [5, 5.41) is 12.1. The lowest BCUT2D eigenvalue weighted by molar-refractivity contribution is 0.626. The van der Waals surface area contributed by atoms with Crippen molar-refractivity contribution in [2.24, 2.45) is 0 Å². The lowest BCUT2D eigenvalue weighted by Crippen LogP contribution is -2.11. The number of hydrogen-bond acceptors (Lipinski definition) is 6. The molecular formula is C21H19FN6O. The lowest BCUT2D eigenvalue weighted by Gasteiger charge is -2.13. The molecule has 7 nitrogen and oxygen atoms in total. The summed E-state index contributed by atoms with van der Waals surface area (Å²) in [6.45, 7) is 2.69. The molecule has 2 aromatic heterocycles. The van der Waals surface area contributed by atoms with Crippen molar-refractivity contribution in [2.45, 2.75) is 12.8 Å². The Kier molecular flexibility index (Phi) is 4.90. The van der Waals surface area contributed by atoms with Crippen LogP contribution in [-0.2, 0) is 0 Å². The van der Waals surface area contributed by atoms with Crippen LogP contribution in [0.5, 0.6) is 0 Å². The summed E-state index contributed by atoms with van der Waals surface area (Å²) in [4.78, 5) is 18.7. The van der Waals surface area contributed by atoms with Crippen LogP contribution in [0.1, 0.15) is 18.4 Å². The molecule has 29 heavy (non-hydrogen) atoms. The number of hydrogen-bond donors (Lipinski definition) is 3. The molecule has 0 radical (unpaired) electrons. The molecule has 0 saturated heterocycles. The largest absolute Gasteiger partial charge is 0.369 e. The van der Waals surface area contributed by atoms with Gasteiger partial charge in [0.25, 0.3) is 5.56 Å². The molecule has 4 rings (SSSR count). The van der Waals surface area contributed by atoms with Crippen LogP contribution in [0.4, 0.5) is 16.2 Å². The lowest BCUT2D eigenvalue weighted by atomic mass is 10.0. The number of nitrogen functional groups attached to an aromatic ring is 1. The highest BCUT2D eigenvalue weighted by atomic mass is 19.1. The van der Waals surface area contributed by atoms with Gasteiger partial charge in [0.05, 0.1) is 16.6 Å². The van der Waals surface area contributed by atoms with E-state index in [1.807, 2.05) is 18.2 Å². The zero-order valence-corrected chi connectivity index (χ0v) is 15.7. The molecule has 2 heterocycles. The standard InChI is InChI=1S/C21H19FN6O/c1-12(13-2-5-15(22)6-3-13)11-24-19-9-8-17(27-28-19)14-4-7-18-16(10-14)20(29)26-21(23)25-18/h2-10,12H,11H2,1H3,(H,24,28)(H3,23,25,26,29). The Morgan fingerprint density at radius 2 is 1.90 bits per heavy atom. The van der Waals surface area contributed by atoms with Crippen LogP contribution < -0.4 is 16.6 Å². The van der Waals surface area contributed by atoms with Gasteiger partial charge >= 0.3 is 0 Å². The van der Waals surface area contributed by atoms with E-state index in [0.717, 1.165) is 11.1 Å². The van der Waals surface area contributed by atoms with E-state index in [9.17, 15) is 9.18 Å². The first-order chi connectivity index (χ1) is 14.0. The average Bonchev–Trinajstić information content (AvgIpc) is 2.72. The van der Waals surface area contributed by atoms with Gasteiger partial charge in [0.1, 0.15) is 11.6 Å². The maximum absolute atomic E-state index is 13.0. The molecule has 0 aliphatic rings. The summed E-state index contributed by atoms with van der Waals surface area (Å²) >= 11 is 0. The second-order valence-corrected chi connectivity index (χ2v) is 6.82. The number of fused-ring (bicyclic) bond motifs is 1. The van der Waals surface area contributed by atoms with E-state index in [-0.39, 0.29) is 23.2 Å². The SMILES string of the molecule is CC(CNc1ccc(-c2ccc3nc(N)[nH]c(=O)c3c2)nn1)c1ccc(F)cc1. The number of rotatable bonds is 5. The molecule has 0 amide bonds. The minimum absolute atomic E-state index is 0.0836. The maximum Gasteiger partial charge on any atom is 0.260 e. The van der Waals surface area contributed by atoms with Gasteiger partial charge in [0.15, 0.2) is 0 Å². The minimum atomic E-state index is -0.296. The summed E-state index contributed by atoms with van der Waals surface area (Å²) in [6, 6.07) is 15.4. The van der Waals surface area contributed by atoms with Crippen molar-refractivity contribution in [2.75, 3.05) is 17.6 Å². The number of H-pyrrole nitrogens is 1. The van der Waals surface area contributed by atoms with Gasteiger partial charge in [-0.25, -0.2) is 9.37 Å². The number of aromatic amines is 1. The Morgan fingerprint density at radius 3 is 2.62 bits per heavy atom. The van der Waals surface area contributed by atoms with Crippen LogP contribution in [0.15, 0.2) is 59.4 Å². The molecule has 0 bridgehead atoms. The van der Waals surface area contributed by atoms with Gasteiger partial charge in [0, 0.05) is 12.1 Å². The predicted octanol–water partition coefficient (Wildman–Crippen LogP) is 3.32. The molecule has 4 N–H and O–H groups in total. The van der Waals surface area contributed by atoms with Crippen LogP contribution >= 0.6 is 0 Å². The molecule has 0 saturated carbocycles. The molecule has 8 heteroatoms. The summed E-state index contributed by atoms with van der Waals surface area (Å²) in [6.07, 6.45) is 0. The Bertz CT molecular complexity index is 1200. The smallest absolute Gasteiger partial charge is 0.260 e. The van der Waals surface area contributed by atoms with Gasteiger partial charge in [-0.2, -0.15) is 0 Å². The van der Waals surface area contributed by atoms with Crippen LogP contribution in [0.25, 0.3) is 22.2 Å². The third-order valence-electron chi connectivity index (χ3n) is 4.71. The summed E-state index contributed by atoms with van der Waals surface area (Å²) in [5.41, 5.74) is 8.24. The van der Waals surface area contributed by atoms with Crippen LogP contribution in [0, 0.1) is 5.82 Å². The zero-order chi connectivity index (χ0) is 20.4. The fourth-order valence-electron chi connectivity index (χ4n) is 3.06. The first kappa shape index (κ1) is 18.5. The van der Waals surface area contributed by atoms with E-state index in [1.54, 1.807) is 24.3 Å². The number of halogens is 1. The van der Waals surface area contributed by atoms with Gasteiger partial charge in [-0.3, -0.25) is 9.78 Å². The van der Waals surface area contributed by atoms with Crippen molar-refractivity contribution in [1.82, 2.24) is 20.2 Å². The normalized spacial score (nSPS) is 12.1. The fourth-order valence-corrected chi connectivity index (χ4v) is 3.06. The number of nitrogens with zero attached hydrogens (tertiary/aromatic N) is 3. The summed E-state index contributed by atoms with van der Waals surface area (Å²) < 4.78 is 13.0. The summed E-state index contributed by atoms with van der Waals surface area (Å²) in [5.74, 6) is 0.658. The molecule has 0 aliphatic heterocycles. The summed E-state index contributed by atoms with van der Waals surface area (Å²) in [7, 11) is 0. The Hall–Kier alpha value is -3.81. The van der Waals surface area contributed by atoms with E-state index < -0.39 is 0 Å². The first-order valence-corrected chi connectivity index (χ1v) is 9.12. The van der Waals surface area contributed by atoms with Gasteiger partial charge in [-0.1, -0.05) is 25.1 Å². The Balaban J connectivity index is 1.48. The third-order valence-corrected chi connectivity index (χ3v) is 4.71. The highest BCUT2D eigenvalue weighted by Crippen LogP contribution is 2.21. The van der Waals surface area contributed by atoms with Gasteiger partial charge in [-0.05, 0) is 47.9 Å². The van der Waals surface area contributed by atoms with Gasteiger partial charge in [-0.15, -0.1) is 10.2 Å². The second-order valence-electron chi connectivity index (χ2n) is 6.82. The van der Waals surface area contributed by atoms with Gasteiger partial charge in [0.2, 0.25) is 5.95 Å². The van der Waals surface area contributed by atoms with Crippen molar-refractivity contribution >= 4 is 22.7 Å². The fraction of sp³-hybridized carbons (Fsp3) is 0.143. The van der Waals surface area contributed by atoms with E-state index >= 15 is 0 Å². The van der Waals surface area contributed by atoms with Gasteiger partial charge < -0.3 is 11.1 Å². The second kappa shape index (κ2) is 7.67. The van der Waals surface area contributed by atoms with E-state index in [4.69, 9.17) is 5.73 Å². The Labute approximate surface area is 165 Å². The van der Waals surface area contributed by atoms with Crippen molar-refractivity contribution in [3.63, 3.8) is 0 Å². The molecule has 2 aromatic carbocycles. The van der Waals surface area contributed by atoms with Crippen LogP contribution in [0.3, 0.4) is 0 Å². The Morgan fingerprint density at radius 1 is 1.10 bits per heavy atom. The molecule has 0 fully saturated rings. The molecule has 0 aliphatic carbocycles. The first-order valence-electron chi connectivity index (χ1n) is 9.12. The van der Waals surface area contributed by atoms with Crippen molar-refractivity contribution in [3.05, 3.63) is 76.3 Å². The minimum Gasteiger partial charge on any atom is -0.369 e. The van der Waals surface area contributed by atoms with Crippen LogP contribution in [-0.4, -0.2) is 26.7 Å². The van der Waals surface area contributed by atoms with E-state index in [2.05, 4.69) is 32.4 Å². The van der Waals surface area contributed by atoms with Crippen molar-refractivity contribution in [1.29, 1.82) is 0 Å². The monoisotopic (exact) mass is 390 g/mol. The van der Waals surface area contributed by atoms with Crippen LogP contribution in [0.2, 0.25) is 0 Å². The number of nitrogens with two attached hydrogens (primary N) is 1.